The molecular weight excluding hydrogens is 255 g/mol. The van der Waals surface area contributed by atoms with Gasteiger partial charge >= 0.3 is 5.91 Å². The first-order valence-electron chi connectivity index (χ1n) is 5.16. The second-order valence-corrected chi connectivity index (χ2v) is 4.54. The Morgan fingerprint density at radius 2 is 2.06 bits per heavy atom. The van der Waals surface area contributed by atoms with Crippen molar-refractivity contribution in [3.05, 3.63) is 53.7 Å². The fourth-order valence-electron chi connectivity index (χ4n) is 1.41. The lowest BCUT2D eigenvalue weighted by atomic mass is 10.3. The van der Waals surface area contributed by atoms with E-state index in [9.17, 15) is 9.18 Å². The zero-order valence-electron chi connectivity index (χ0n) is 9.35. The van der Waals surface area contributed by atoms with Crippen molar-refractivity contribution < 1.29 is 13.6 Å². The van der Waals surface area contributed by atoms with E-state index in [-0.39, 0.29) is 11.6 Å². The number of rotatable bonds is 4. The highest BCUT2D eigenvalue weighted by Gasteiger charge is 2.14. The summed E-state index contributed by atoms with van der Waals surface area (Å²) in [6, 6.07) is 7.86. The Hall–Kier alpha value is -1.79. The number of thioether (sulfide) groups is 1. The number of hydrazine groups is 1. The van der Waals surface area contributed by atoms with E-state index in [0.29, 0.717) is 5.75 Å². The van der Waals surface area contributed by atoms with Crippen LogP contribution < -0.4 is 11.3 Å². The van der Waals surface area contributed by atoms with Gasteiger partial charge in [0.2, 0.25) is 0 Å². The normalized spacial score (nSPS) is 10.3. The summed E-state index contributed by atoms with van der Waals surface area (Å²) in [7, 11) is 0. The van der Waals surface area contributed by atoms with Crippen LogP contribution in [0.4, 0.5) is 4.39 Å². The fourth-order valence-corrected chi connectivity index (χ4v) is 2.28. The SMILES string of the molecule is NNC(=O)c1occc1CSc1ccc(F)cc1. The predicted molar refractivity (Wildman–Crippen MR) is 66.3 cm³/mol. The highest BCUT2D eigenvalue weighted by atomic mass is 32.2. The summed E-state index contributed by atoms with van der Waals surface area (Å²) in [5.41, 5.74) is 2.76. The summed E-state index contributed by atoms with van der Waals surface area (Å²) in [6.07, 6.45) is 1.44. The maximum atomic E-state index is 12.7. The fraction of sp³-hybridized carbons (Fsp3) is 0.0833. The van der Waals surface area contributed by atoms with Gasteiger partial charge < -0.3 is 4.42 Å². The molecule has 0 spiro atoms. The molecule has 3 N–H and O–H groups in total. The molecule has 0 aliphatic heterocycles. The summed E-state index contributed by atoms with van der Waals surface area (Å²) in [6.45, 7) is 0. The van der Waals surface area contributed by atoms with Gasteiger partial charge in [0.1, 0.15) is 5.82 Å². The minimum absolute atomic E-state index is 0.201. The molecule has 0 atom stereocenters. The lowest BCUT2D eigenvalue weighted by Gasteiger charge is -2.02. The van der Waals surface area contributed by atoms with Crippen LogP contribution in [0.15, 0.2) is 45.9 Å². The van der Waals surface area contributed by atoms with Gasteiger partial charge in [0.25, 0.3) is 0 Å². The minimum atomic E-state index is -0.463. The number of nitrogens with one attached hydrogen (secondary N) is 1. The van der Waals surface area contributed by atoms with E-state index in [1.807, 2.05) is 5.43 Å². The van der Waals surface area contributed by atoms with Gasteiger partial charge in [-0.3, -0.25) is 10.2 Å². The maximum Gasteiger partial charge on any atom is 0.301 e. The first-order chi connectivity index (χ1) is 8.70. The topological polar surface area (TPSA) is 68.3 Å². The van der Waals surface area contributed by atoms with Crippen molar-refractivity contribution in [1.29, 1.82) is 0 Å². The van der Waals surface area contributed by atoms with E-state index >= 15 is 0 Å². The molecule has 0 radical (unpaired) electrons. The van der Waals surface area contributed by atoms with Crippen molar-refractivity contribution >= 4 is 17.7 Å². The largest absolute Gasteiger partial charge is 0.459 e. The number of hydrogen-bond acceptors (Lipinski definition) is 4. The van der Waals surface area contributed by atoms with E-state index in [1.54, 1.807) is 18.2 Å². The summed E-state index contributed by atoms with van der Waals surface area (Å²) in [5, 5.41) is 0. The number of halogens is 1. The van der Waals surface area contributed by atoms with Crippen LogP contribution >= 0.6 is 11.8 Å². The van der Waals surface area contributed by atoms with Gasteiger partial charge in [0.15, 0.2) is 5.76 Å². The average molecular weight is 266 g/mol. The summed E-state index contributed by atoms with van der Waals surface area (Å²) < 4.78 is 17.8. The Bertz CT molecular complexity index is 539. The molecule has 18 heavy (non-hydrogen) atoms. The Labute approximate surface area is 107 Å². The van der Waals surface area contributed by atoms with Crippen molar-refractivity contribution in [3.8, 4) is 0 Å². The number of furan rings is 1. The molecule has 1 aromatic heterocycles. The van der Waals surface area contributed by atoms with Gasteiger partial charge in [-0.2, -0.15) is 0 Å². The molecule has 0 aliphatic carbocycles. The van der Waals surface area contributed by atoms with Gasteiger partial charge in [0.05, 0.1) is 6.26 Å². The Morgan fingerprint density at radius 3 is 2.72 bits per heavy atom. The summed E-state index contributed by atoms with van der Waals surface area (Å²) in [4.78, 5) is 12.3. The van der Waals surface area contributed by atoms with Crippen LogP contribution in [-0.2, 0) is 5.75 Å². The van der Waals surface area contributed by atoms with Crippen LogP contribution in [0.1, 0.15) is 16.1 Å². The standard InChI is InChI=1S/C12H11FN2O2S/c13-9-1-3-10(4-2-9)18-7-8-5-6-17-11(8)12(16)15-14/h1-6H,7,14H2,(H,15,16). The molecule has 1 amide bonds. The van der Waals surface area contributed by atoms with Crippen LogP contribution in [-0.4, -0.2) is 5.91 Å². The Balaban J connectivity index is 2.04. The first kappa shape index (κ1) is 12.7. The molecule has 94 valence electrons. The third-order valence-corrected chi connectivity index (χ3v) is 3.35. The third kappa shape index (κ3) is 2.91. The van der Waals surface area contributed by atoms with E-state index in [4.69, 9.17) is 10.3 Å². The van der Waals surface area contributed by atoms with Crippen LogP contribution in [0.3, 0.4) is 0 Å². The second kappa shape index (κ2) is 5.70. The third-order valence-electron chi connectivity index (χ3n) is 2.29. The van der Waals surface area contributed by atoms with Crippen LogP contribution in [0.25, 0.3) is 0 Å². The van der Waals surface area contributed by atoms with Crippen molar-refractivity contribution in [2.75, 3.05) is 0 Å². The molecule has 6 heteroatoms. The van der Waals surface area contributed by atoms with Crippen LogP contribution in [0, 0.1) is 5.82 Å². The summed E-state index contributed by atoms with van der Waals surface area (Å²) in [5.74, 6) is 5.06. The molecule has 0 saturated carbocycles. The average Bonchev–Trinajstić information content (AvgIpc) is 2.85. The Morgan fingerprint density at radius 1 is 1.33 bits per heavy atom. The van der Waals surface area contributed by atoms with E-state index in [2.05, 4.69) is 0 Å². The highest BCUT2D eigenvalue weighted by molar-refractivity contribution is 7.98. The molecule has 0 bridgehead atoms. The predicted octanol–water partition coefficient (Wildman–Crippen LogP) is 2.31. The number of amides is 1. The van der Waals surface area contributed by atoms with Crippen LogP contribution in [0.2, 0.25) is 0 Å². The highest BCUT2D eigenvalue weighted by Crippen LogP contribution is 2.25. The van der Waals surface area contributed by atoms with Gasteiger partial charge in [0, 0.05) is 16.2 Å². The van der Waals surface area contributed by atoms with Gasteiger partial charge in [-0.25, -0.2) is 10.2 Å². The van der Waals surface area contributed by atoms with Crippen molar-refractivity contribution in [3.63, 3.8) is 0 Å². The van der Waals surface area contributed by atoms with E-state index in [0.717, 1.165) is 10.5 Å². The van der Waals surface area contributed by atoms with E-state index < -0.39 is 5.91 Å². The van der Waals surface area contributed by atoms with Crippen molar-refractivity contribution in [2.24, 2.45) is 5.84 Å². The van der Waals surface area contributed by atoms with Crippen LogP contribution in [0.5, 0.6) is 0 Å². The molecule has 0 fully saturated rings. The first-order valence-corrected chi connectivity index (χ1v) is 6.15. The number of nitrogens with two attached hydrogens (primary N) is 1. The van der Waals surface area contributed by atoms with Crippen molar-refractivity contribution in [1.82, 2.24) is 5.43 Å². The quantitative estimate of drug-likeness (QED) is 0.385. The molecule has 1 heterocycles. The molecule has 4 nitrogen and oxygen atoms in total. The molecule has 0 saturated heterocycles. The lowest BCUT2D eigenvalue weighted by molar-refractivity contribution is 0.0925. The Kier molecular flexibility index (Phi) is 4.01. The molecule has 0 unspecified atom stereocenters. The van der Waals surface area contributed by atoms with Gasteiger partial charge in [-0.1, -0.05) is 0 Å². The van der Waals surface area contributed by atoms with Gasteiger partial charge in [-0.15, -0.1) is 11.8 Å². The smallest absolute Gasteiger partial charge is 0.301 e. The number of carbonyl (C=O) groups excluding carboxylic acids is 1. The zero-order chi connectivity index (χ0) is 13.0. The second-order valence-electron chi connectivity index (χ2n) is 3.49. The number of benzene rings is 1. The summed E-state index contributed by atoms with van der Waals surface area (Å²) >= 11 is 1.48. The number of hydrogen-bond donors (Lipinski definition) is 2. The molecule has 2 rings (SSSR count). The molecule has 2 aromatic rings. The monoisotopic (exact) mass is 266 g/mol. The lowest BCUT2D eigenvalue weighted by Crippen LogP contribution is -2.30. The minimum Gasteiger partial charge on any atom is -0.459 e. The molecular formula is C12H11FN2O2S. The zero-order valence-corrected chi connectivity index (χ0v) is 10.2. The van der Waals surface area contributed by atoms with Gasteiger partial charge in [-0.05, 0) is 30.3 Å². The van der Waals surface area contributed by atoms with Crippen molar-refractivity contribution in [2.45, 2.75) is 10.6 Å². The number of carbonyl (C=O) groups is 1. The number of nitrogen functional groups attached to an aromatic ring is 1. The molecule has 0 aliphatic rings. The maximum absolute atomic E-state index is 12.7. The van der Waals surface area contributed by atoms with E-state index in [1.165, 1.54) is 30.2 Å². The molecule has 1 aromatic carbocycles.